The van der Waals surface area contributed by atoms with Crippen LogP contribution in [0, 0.1) is 0 Å². The van der Waals surface area contributed by atoms with Crippen molar-refractivity contribution in [2.75, 3.05) is 0 Å². The van der Waals surface area contributed by atoms with E-state index < -0.39 is 29.4 Å². The molecule has 4 bridgehead atoms. The molecule has 0 aromatic heterocycles. The summed E-state index contributed by atoms with van der Waals surface area (Å²) in [5, 5.41) is -0.487. The minimum atomic E-state index is -2.55. The van der Waals surface area contributed by atoms with Crippen molar-refractivity contribution in [2.24, 2.45) is 0 Å². The summed E-state index contributed by atoms with van der Waals surface area (Å²) in [7, 11) is -9.78. The molecular weight excluding hydrogens is 713 g/mol. The summed E-state index contributed by atoms with van der Waals surface area (Å²) in [5.74, 6) is 0. The van der Waals surface area contributed by atoms with Gasteiger partial charge in [0.05, 0.1) is 15.2 Å². The van der Waals surface area contributed by atoms with Gasteiger partial charge in [0.15, 0.2) is 0 Å². The van der Waals surface area contributed by atoms with E-state index in [4.69, 9.17) is 0 Å². The Kier molecular flexibility index (Phi) is 7.05. The van der Waals surface area contributed by atoms with E-state index in [1.54, 1.807) is 22.3 Å². The molecule has 0 nitrogen and oxygen atoms in total. The topological polar surface area (TPSA) is 0 Å². The maximum atomic E-state index is 2.94. The van der Waals surface area contributed by atoms with Gasteiger partial charge in [0.25, 0.3) is 0 Å². The Morgan fingerprint density at radius 2 is 0.481 bits per heavy atom. The fourth-order valence-electron chi connectivity index (χ4n) is 13.8. The van der Waals surface area contributed by atoms with Gasteiger partial charge in [0.2, 0.25) is 0 Å². The van der Waals surface area contributed by atoms with Gasteiger partial charge in [0.1, 0.15) is 0 Å². The van der Waals surface area contributed by atoms with Crippen LogP contribution in [-0.4, -0.2) is 29.4 Å². The highest BCUT2D eigenvalue weighted by Gasteiger charge is 2.85. The molecule has 54 heavy (non-hydrogen) atoms. The zero-order valence-corrected chi connectivity index (χ0v) is 36.5. The van der Waals surface area contributed by atoms with Crippen LogP contribution in [0.3, 0.4) is 0 Å². The van der Waals surface area contributed by atoms with Crippen LogP contribution in [0.1, 0.15) is 44.5 Å². The lowest BCUT2D eigenvalue weighted by molar-refractivity contribution is 0.884. The minimum Gasteiger partial charge on any atom is -0.0758 e. The van der Waals surface area contributed by atoms with Gasteiger partial charge in [-0.05, 0) is 44.5 Å². The molecule has 6 aromatic rings. The quantitative estimate of drug-likeness (QED) is 0.112. The molecule has 0 saturated carbocycles. The van der Waals surface area contributed by atoms with Crippen LogP contribution in [0.15, 0.2) is 194 Å². The molecule has 0 N–H and O–H groups in total. The van der Waals surface area contributed by atoms with Crippen LogP contribution in [0.2, 0.25) is 39.3 Å². The lowest BCUT2D eigenvalue weighted by Crippen LogP contribution is -2.90. The van der Waals surface area contributed by atoms with Crippen molar-refractivity contribution in [3.63, 3.8) is 0 Å². The summed E-state index contributed by atoms with van der Waals surface area (Å²) in [4.78, 5) is 0. The van der Waals surface area contributed by atoms with Gasteiger partial charge in [-0.3, -0.25) is 0 Å². The van der Waals surface area contributed by atoms with Crippen molar-refractivity contribution >= 4 is 29.4 Å². The highest BCUT2D eigenvalue weighted by Crippen LogP contribution is 2.73. The zero-order valence-electron chi connectivity index (χ0n) is 32.5. The molecule has 0 aliphatic carbocycles. The van der Waals surface area contributed by atoms with E-state index in [2.05, 4.69) is 233 Å². The SMILES string of the molecule is C[Si]1([Si](C)(C)[Si](C)(C)[Si]2(C)C3(c4ccccc4)C=CC2(c2ccccc2)c2ccccc23)C2(c3ccccc3)C=CC1(c1ccccc1)c1ccccc12. The van der Waals surface area contributed by atoms with Gasteiger partial charge >= 0.3 is 0 Å². The molecule has 4 heterocycles. The van der Waals surface area contributed by atoms with Crippen molar-refractivity contribution in [3.05, 3.63) is 239 Å². The molecule has 0 amide bonds. The second kappa shape index (κ2) is 11.1. The van der Waals surface area contributed by atoms with Crippen LogP contribution in [0.25, 0.3) is 0 Å². The molecule has 0 saturated heterocycles. The van der Waals surface area contributed by atoms with Crippen molar-refractivity contribution in [3.8, 4) is 0 Å². The predicted molar refractivity (Wildman–Crippen MR) is 238 cm³/mol. The van der Waals surface area contributed by atoms with Crippen molar-refractivity contribution in [1.82, 2.24) is 0 Å². The highest BCUT2D eigenvalue weighted by molar-refractivity contribution is 7.84. The van der Waals surface area contributed by atoms with E-state index in [-0.39, 0.29) is 20.2 Å². The molecule has 4 aliphatic rings. The Morgan fingerprint density at radius 3 is 0.685 bits per heavy atom. The van der Waals surface area contributed by atoms with E-state index in [9.17, 15) is 0 Å². The number of rotatable bonds is 7. The first-order valence-electron chi connectivity index (χ1n) is 19.9. The summed E-state index contributed by atoms with van der Waals surface area (Å²) in [6, 6.07) is 66.5. The first-order chi connectivity index (χ1) is 26.0. The van der Waals surface area contributed by atoms with E-state index in [1.807, 2.05) is 0 Å². The fraction of sp³-hybridized carbons (Fsp3) is 0.200. The molecule has 4 atom stereocenters. The molecule has 0 fully saturated rings. The molecule has 6 aromatic carbocycles. The maximum Gasteiger partial charge on any atom is 0.0843 e. The Labute approximate surface area is 325 Å². The standard InChI is InChI=1S/C50H50Si4/c1-51(2,53(5)47(39-23-11-7-12-24-39)35-36-48(53,40-25-13-8-14-26-40)44-32-20-19-31-43(44)47)52(3,4)54(6)49(41-27-15-9-16-28-41)37-38-50(54,42-29-17-10-18-30-42)46-34-22-21-33-45(46)49/h7-38H,1-6H3. The summed E-state index contributed by atoms with van der Waals surface area (Å²) in [6.07, 6.45) is 11.0. The van der Waals surface area contributed by atoms with E-state index >= 15 is 0 Å². The summed E-state index contributed by atoms with van der Waals surface area (Å²) < 4.78 is 0. The maximum absolute atomic E-state index is 2.94. The fourth-order valence-corrected chi connectivity index (χ4v) is 95.9. The highest BCUT2D eigenvalue weighted by atomic mass is 29.8. The van der Waals surface area contributed by atoms with E-state index in [0.29, 0.717) is 0 Å². The van der Waals surface area contributed by atoms with Crippen LogP contribution in [0.5, 0.6) is 0 Å². The second-order valence-corrected chi connectivity index (χ2v) is 56.1. The summed E-state index contributed by atoms with van der Waals surface area (Å²) in [5.41, 5.74) is 12.3. The molecule has 10 rings (SSSR count). The zero-order chi connectivity index (χ0) is 37.2. The number of allylic oxidation sites excluding steroid dienone is 4. The molecule has 4 aliphatic heterocycles. The van der Waals surface area contributed by atoms with Gasteiger partial charge in [-0.1, -0.05) is 233 Å². The minimum absolute atomic E-state index is 0.122. The van der Waals surface area contributed by atoms with Crippen LogP contribution in [0.4, 0.5) is 0 Å². The monoisotopic (exact) mass is 762 g/mol. The first-order valence-corrected chi connectivity index (χ1v) is 33.9. The molecule has 4 unspecified atom stereocenters. The number of benzene rings is 6. The van der Waals surface area contributed by atoms with E-state index in [1.165, 1.54) is 22.3 Å². The summed E-state index contributed by atoms with van der Waals surface area (Å²) in [6.45, 7) is 17.6. The smallest absolute Gasteiger partial charge is 0.0758 e. The lowest BCUT2D eigenvalue weighted by atomic mass is 9.76. The van der Waals surface area contributed by atoms with Crippen LogP contribution in [-0.2, 0) is 20.2 Å². The lowest BCUT2D eigenvalue weighted by Gasteiger charge is -2.66. The number of hydrogen-bond acceptors (Lipinski definition) is 0. The van der Waals surface area contributed by atoms with Gasteiger partial charge in [-0.15, -0.1) is 0 Å². The van der Waals surface area contributed by atoms with Crippen LogP contribution >= 0.6 is 0 Å². The van der Waals surface area contributed by atoms with E-state index in [0.717, 1.165) is 0 Å². The molecular formula is C50H50Si4. The molecule has 0 radical (unpaired) electrons. The number of fused-ring (bicyclic) bond motifs is 10. The molecule has 0 spiro atoms. The molecule has 4 heteroatoms. The van der Waals surface area contributed by atoms with Crippen LogP contribution < -0.4 is 0 Å². The largest absolute Gasteiger partial charge is 0.0843 e. The normalized spacial score (nSPS) is 31.4. The third-order valence-corrected chi connectivity index (χ3v) is 85.8. The predicted octanol–water partition coefficient (Wildman–Crippen LogP) is 11.7. The van der Waals surface area contributed by atoms with Crippen molar-refractivity contribution in [1.29, 1.82) is 0 Å². The van der Waals surface area contributed by atoms with Gasteiger partial charge in [-0.25, -0.2) is 0 Å². The van der Waals surface area contributed by atoms with Crippen molar-refractivity contribution < 1.29 is 0 Å². The van der Waals surface area contributed by atoms with Gasteiger partial charge in [0, 0.05) is 34.4 Å². The Balaban J connectivity index is 1.34. The Hall–Kier alpha value is -4.33. The van der Waals surface area contributed by atoms with Gasteiger partial charge in [-0.2, -0.15) is 0 Å². The average Bonchev–Trinajstić information content (AvgIpc) is 3.83. The first kappa shape index (κ1) is 34.2. The third kappa shape index (κ3) is 3.40. The summed E-state index contributed by atoms with van der Waals surface area (Å²) >= 11 is 0. The average molecular weight is 763 g/mol. The van der Waals surface area contributed by atoms with Gasteiger partial charge < -0.3 is 0 Å². The third-order valence-electron chi connectivity index (χ3n) is 16.9. The Bertz CT molecular complexity index is 2160. The Morgan fingerprint density at radius 1 is 0.296 bits per heavy atom. The second-order valence-electron chi connectivity index (χ2n) is 18.0. The molecule has 266 valence electrons. The number of hydrogen-bond donors (Lipinski definition) is 0. The van der Waals surface area contributed by atoms with Crippen molar-refractivity contribution in [2.45, 2.75) is 59.4 Å².